The molecule has 2 N–H and O–H groups in total. The number of amides is 2. The van der Waals surface area contributed by atoms with Crippen molar-refractivity contribution in [3.8, 4) is 21.8 Å². The molecule has 0 spiro atoms. The zero-order chi connectivity index (χ0) is 20.1. The number of hydrogen-bond acceptors (Lipinski definition) is 6. The van der Waals surface area contributed by atoms with E-state index in [1.165, 1.54) is 11.3 Å². The molecule has 0 saturated heterocycles. The highest BCUT2D eigenvalue weighted by Crippen LogP contribution is 2.28. The predicted octanol–water partition coefficient (Wildman–Crippen LogP) is 4.61. The van der Waals surface area contributed by atoms with Crippen LogP contribution in [0.3, 0.4) is 0 Å². The first kappa shape index (κ1) is 18.8. The Kier molecular flexibility index (Phi) is 5.62. The molecule has 4 aromatic rings. The summed E-state index contributed by atoms with van der Waals surface area (Å²) in [5, 5.41) is 10.2. The molecule has 2 aromatic heterocycles. The number of nitrogens with one attached hydrogen (secondary N) is 2. The van der Waals surface area contributed by atoms with Gasteiger partial charge in [0.05, 0.1) is 4.88 Å². The first-order chi connectivity index (χ1) is 14.2. The topological polar surface area (TPSA) is 92.9 Å². The molecule has 2 heterocycles. The largest absolute Gasteiger partial charge is 0.339 e. The minimum Gasteiger partial charge on any atom is -0.339 e. The van der Waals surface area contributed by atoms with Crippen molar-refractivity contribution >= 4 is 22.5 Å². The van der Waals surface area contributed by atoms with E-state index < -0.39 is 0 Å². The van der Waals surface area contributed by atoms with E-state index in [-0.39, 0.29) is 12.1 Å². The third-order valence-electron chi connectivity index (χ3n) is 4.14. The number of rotatable bonds is 6. The van der Waals surface area contributed by atoms with Crippen LogP contribution in [0.1, 0.15) is 12.8 Å². The maximum Gasteiger partial charge on any atom is 0.321 e. The number of benzene rings is 2. The molecular formula is C21H19N5O2S. The fourth-order valence-electron chi connectivity index (χ4n) is 2.78. The van der Waals surface area contributed by atoms with E-state index in [1.54, 1.807) is 6.20 Å². The second-order valence-corrected chi connectivity index (χ2v) is 7.51. The first-order valence-corrected chi connectivity index (χ1v) is 9.96. The number of aromatic nitrogens is 3. The van der Waals surface area contributed by atoms with Crippen LogP contribution in [0.15, 0.2) is 71.4 Å². The molecule has 0 radical (unpaired) electrons. The molecule has 2 amide bonds. The summed E-state index contributed by atoms with van der Waals surface area (Å²) < 4.78 is 5.30. The van der Waals surface area contributed by atoms with Crippen LogP contribution in [-0.2, 0) is 6.42 Å². The molecule has 0 aliphatic carbocycles. The summed E-state index contributed by atoms with van der Waals surface area (Å²) in [6.07, 6.45) is 2.18. The minimum absolute atomic E-state index is 0.187. The monoisotopic (exact) mass is 405 g/mol. The quantitative estimate of drug-likeness (QED) is 0.488. The predicted molar refractivity (Wildman–Crippen MR) is 113 cm³/mol. The summed E-state index contributed by atoms with van der Waals surface area (Å²) >= 11 is 1.42. The summed E-state index contributed by atoms with van der Waals surface area (Å²) in [5.41, 5.74) is 1.95. The van der Waals surface area contributed by atoms with Gasteiger partial charge in [-0.25, -0.2) is 9.78 Å². The van der Waals surface area contributed by atoms with Crippen molar-refractivity contribution in [3.05, 3.63) is 72.8 Å². The maximum atomic E-state index is 12.3. The zero-order valence-corrected chi connectivity index (χ0v) is 16.5. The number of anilines is 1. The Morgan fingerprint density at radius 1 is 1.07 bits per heavy atom. The molecule has 1 unspecified atom stereocenters. The Bertz CT molecular complexity index is 1080. The van der Waals surface area contributed by atoms with Crippen LogP contribution in [-0.4, -0.2) is 27.2 Å². The maximum absolute atomic E-state index is 12.3. The highest BCUT2D eigenvalue weighted by molar-refractivity contribution is 7.19. The van der Waals surface area contributed by atoms with Gasteiger partial charge in [0.1, 0.15) is 0 Å². The van der Waals surface area contributed by atoms with E-state index >= 15 is 0 Å². The molecule has 8 heteroatoms. The van der Waals surface area contributed by atoms with Crippen LogP contribution < -0.4 is 10.6 Å². The van der Waals surface area contributed by atoms with Gasteiger partial charge in [0, 0.05) is 24.2 Å². The van der Waals surface area contributed by atoms with Crippen molar-refractivity contribution in [3.63, 3.8) is 0 Å². The first-order valence-electron chi connectivity index (χ1n) is 9.14. The average molecular weight is 405 g/mol. The van der Waals surface area contributed by atoms with Gasteiger partial charge in [-0.3, -0.25) is 5.32 Å². The molecule has 0 fully saturated rings. The normalized spacial score (nSPS) is 11.8. The van der Waals surface area contributed by atoms with Gasteiger partial charge >= 0.3 is 6.03 Å². The van der Waals surface area contributed by atoms with Gasteiger partial charge in [-0.1, -0.05) is 77.2 Å². The molecule has 7 nitrogen and oxygen atoms in total. The van der Waals surface area contributed by atoms with Crippen LogP contribution in [0.2, 0.25) is 0 Å². The molecule has 0 aliphatic heterocycles. The Labute approximate surface area is 171 Å². The smallest absolute Gasteiger partial charge is 0.321 e. The van der Waals surface area contributed by atoms with Crippen molar-refractivity contribution in [2.24, 2.45) is 0 Å². The van der Waals surface area contributed by atoms with Crippen molar-refractivity contribution in [2.45, 2.75) is 19.4 Å². The van der Waals surface area contributed by atoms with Crippen LogP contribution in [0.4, 0.5) is 9.93 Å². The van der Waals surface area contributed by atoms with Crippen LogP contribution in [0.5, 0.6) is 0 Å². The standard InChI is InChI=1S/C21H19N5O2S/c1-14(12-18-24-19(26-28-18)16-10-6-3-7-11-16)23-20(27)25-21-22-13-17(29-21)15-8-4-2-5-9-15/h2-11,13-14H,12H2,1H3,(H2,22,23,25,27). The van der Waals surface area contributed by atoms with Crippen molar-refractivity contribution < 1.29 is 9.32 Å². The average Bonchev–Trinajstić information content (AvgIpc) is 3.39. The molecule has 146 valence electrons. The number of carbonyl (C=O) groups excluding carboxylic acids is 1. The summed E-state index contributed by atoms with van der Waals surface area (Å²) in [7, 11) is 0. The Hall–Kier alpha value is -3.52. The highest BCUT2D eigenvalue weighted by atomic mass is 32.1. The lowest BCUT2D eigenvalue weighted by Gasteiger charge is -2.11. The van der Waals surface area contributed by atoms with Gasteiger partial charge in [0.25, 0.3) is 0 Å². The van der Waals surface area contributed by atoms with Crippen molar-refractivity contribution in [1.82, 2.24) is 20.4 Å². The Balaban J connectivity index is 1.31. The van der Waals surface area contributed by atoms with E-state index in [4.69, 9.17) is 4.52 Å². The number of urea groups is 1. The number of thiazole rings is 1. The Morgan fingerprint density at radius 3 is 2.48 bits per heavy atom. The second-order valence-electron chi connectivity index (χ2n) is 6.48. The molecule has 0 aliphatic rings. The lowest BCUT2D eigenvalue weighted by molar-refractivity contribution is 0.248. The van der Waals surface area contributed by atoms with Crippen molar-refractivity contribution in [1.29, 1.82) is 0 Å². The van der Waals surface area contributed by atoms with Gasteiger partial charge in [0.15, 0.2) is 5.13 Å². The summed E-state index contributed by atoms with van der Waals surface area (Å²) in [6, 6.07) is 19.0. The third-order valence-corrected chi connectivity index (χ3v) is 5.10. The fourth-order valence-corrected chi connectivity index (χ4v) is 3.60. The second kappa shape index (κ2) is 8.66. The Morgan fingerprint density at radius 2 is 1.76 bits per heavy atom. The van der Waals surface area contributed by atoms with E-state index in [1.807, 2.05) is 67.6 Å². The molecule has 0 saturated carbocycles. The third kappa shape index (κ3) is 4.85. The summed E-state index contributed by atoms with van der Waals surface area (Å²) in [5.74, 6) is 1.01. The number of carbonyl (C=O) groups is 1. The van der Waals surface area contributed by atoms with Gasteiger partial charge in [-0.15, -0.1) is 0 Å². The SMILES string of the molecule is CC(Cc1nc(-c2ccccc2)no1)NC(=O)Nc1ncc(-c2ccccc2)s1. The van der Waals surface area contributed by atoms with Crippen molar-refractivity contribution in [2.75, 3.05) is 5.32 Å². The minimum atomic E-state index is -0.325. The lowest BCUT2D eigenvalue weighted by atomic mass is 10.2. The molecular weight excluding hydrogens is 386 g/mol. The summed E-state index contributed by atoms with van der Waals surface area (Å²) in [6.45, 7) is 1.88. The van der Waals surface area contributed by atoms with E-state index in [9.17, 15) is 4.79 Å². The van der Waals surface area contributed by atoms with Gasteiger partial charge in [0.2, 0.25) is 11.7 Å². The lowest BCUT2D eigenvalue weighted by Crippen LogP contribution is -2.37. The molecule has 0 bridgehead atoms. The number of hydrogen-bond donors (Lipinski definition) is 2. The van der Waals surface area contributed by atoms with Gasteiger partial charge < -0.3 is 9.84 Å². The van der Waals surface area contributed by atoms with E-state index in [0.29, 0.717) is 23.3 Å². The van der Waals surface area contributed by atoms with E-state index in [2.05, 4.69) is 25.8 Å². The van der Waals surface area contributed by atoms with E-state index in [0.717, 1.165) is 16.0 Å². The summed E-state index contributed by atoms with van der Waals surface area (Å²) in [4.78, 5) is 21.9. The van der Waals surface area contributed by atoms with Gasteiger partial charge in [-0.05, 0) is 12.5 Å². The van der Waals surface area contributed by atoms with Gasteiger partial charge in [-0.2, -0.15) is 4.98 Å². The highest BCUT2D eigenvalue weighted by Gasteiger charge is 2.15. The molecule has 1 atom stereocenters. The zero-order valence-electron chi connectivity index (χ0n) is 15.7. The van der Waals surface area contributed by atoms with Crippen LogP contribution in [0, 0.1) is 0 Å². The fraction of sp³-hybridized carbons (Fsp3) is 0.143. The van der Waals surface area contributed by atoms with Crippen LogP contribution >= 0.6 is 11.3 Å². The number of nitrogens with zero attached hydrogens (tertiary/aromatic N) is 3. The molecule has 2 aromatic carbocycles. The van der Waals surface area contributed by atoms with Crippen LogP contribution in [0.25, 0.3) is 21.8 Å². The molecule has 4 rings (SSSR count). The molecule has 29 heavy (non-hydrogen) atoms.